The van der Waals surface area contributed by atoms with Crippen LogP contribution in [0.3, 0.4) is 0 Å². The largest absolute Gasteiger partial charge is 0.390 e. The summed E-state index contributed by atoms with van der Waals surface area (Å²) in [6, 6.07) is -0.289. The Balaban J connectivity index is 2.64. The average molecular weight is 194 g/mol. The molecule has 3 N–H and O–H groups in total. The van der Waals surface area contributed by atoms with Gasteiger partial charge in [-0.2, -0.15) is 4.31 Å². The monoisotopic (exact) mass is 194 g/mol. The van der Waals surface area contributed by atoms with Gasteiger partial charge in [0.2, 0.25) is 10.0 Å². The third-order valence-corrected chi connectivity index (χ3v) is 3.34. The minimum Gasteiger partial charge on any atom is -0.390 e. The maximum atomic E-state index is 11.0. The summed E-state index contributed by atoms with van der Waals surface area (Å²) in [6.07, 6.45) is 0.929. The lowest BCUT2D eigenvalue weighted by atomic mass is 10.1. The molecule has 0 amide bonds. The summed E-state index contributed by atoms with van der Waals surface area (Å²) >= 11 is 0. The van der Waals surface area contributed by atoms with Gasteiger partial charge in [-0.1, -0.05) is 0 Å². The Morgan fingerprint density at radius 3 is 2.58 bits per heavy atom. The van der Waals surface area contributed by atoms with Crippen LogP contribution in [0.25, 0.3) is 0 Å². The summed E-state index contributed by atoms with van der Waals surface area (Å²) in [6.45, 7) is 0.539. The predicted octanol–water partition coefficient (Wildman–Crippen LogP) is -1.66. The molecule has 1 heterocycles. The zero-order chi connectivity index (χ0) is 9.35. The Hall–Kier alpha value is -0.170. The fraction of sp³-hybridized carbons (Fsp3) is 1.00. The molecule has 2 atom stereocenters. The second-order valence-electron chi connectivity index (χ2n) is 3.14. The topological polar surface area (TPSA) is 83.6 Å². The minimum absolute atomic E-state index is 0.125. The predicted molar refractivity (Wildman–Crippen MR) is 45.0 cm³/mol. The molecule has 0 spiro atoms. The first-order valence-electron chi connectivity index (χ1n) is 3.80. The first-order chi connectivity index (χ1) is 5.41. The Labute approximate surface area is 72.2 Å². The lowest BCUT2D eigenvalue weighted by molar-refractivity contribution is 0.0880. The van der Waals surface area contributed by atoms with Crippen LogP contribution in [0.15, 0.2) is 0 Å². The number of aliphatic hydroxyl groups excluding tert-OH is 1. The van der Waals surface area contributed by atoms with Gasteiger partial charge >= 0.3 is 0 Å². The third kappa shape index (κ3) is 2.16. The summed E-state index contributed by atoms with van der Waals surface area (Å²) in [4.78, 5) is 0. The van der Waals surface area contributed by atoms with E-state index < -0.39 is 16.1 Å². The second-order valence-corrected chi connectivity index (χ2v) is 5.12. The summed E-state index contributed by atoms with van der Waals surface area (Å²) in [7, 11) is -3.16. The van der Waals surface area contributed by atoms with Crippen molar-refractivity contribution in [3.63, 3.8) is 0 Å². The zero-order valence-corrected chi connectivity index (χ0v) is 7.79. The molecule has 1 aliphatic rings. The van der Waals surface area contributed by atoms with Crippen LogP contribution in [0.5, 0.6) is 0 Å². The van der Waals surface area contributed by atoms with Crippen molar-refractivity contribution in [3.05, 3.63) is 0 Å². The highest BCUT2D eigenvalue weighted by molar-refractivity contribution is 7.88. The zero-order valence-electron chi connectivity index (χ0n) is 6.97. The van der Waals surface area contributed by atoms with Crippen molar-refractivity contribution in [3.8, 4) is 0 Å². The van der Waals surface area contributed by atoms with E-state index in [1.165, 1.54) is 4.31 Å². The molecule has 1 unspecified atom stereocenters. The van der Waals surface area contributed by atoms with Gasteiger partial charge in [0.15, 0.2) is 0 Å². The first kappa shape index (κ1) is 9.91. The van der Waals surface area contributed by atoms with E-state index >= 15 is 0 Å². The van der Waals surface area contributed by atoms with Crippen LogP contribution in [0.2, 0.25) is 0 Å². The van der Waals surface area contributed by atoms with Crippen molar-refractivity contribution in [1.82, 2.24) is 4.31 Å². The van der Waals surface area contributed by atoms with Crippen LogP contribution in [-0.4, -0.2) is 49.3 Å². The normalized spacial score (nSPS) is 33.6. The number of piperidine rings is 1. The highest BCUT2D eigenvalue weighted by Crippen LogP contribution is 2.11. The van der Waals surface area contributed by atoms with Crippen molar-refractivity contribution in [2.75, 3.05) is 19.3 Å². The lowest BCUT2D eigenvalue weighted by Crippen LogP contribution is -2.51. The number of rotatable bonds is 1. The van der Waals surface area contributed by atoms with E-state index in [-0.39, 0.29) is 12.6 Å². The quantitative estimate of drug-likeness (QED) is 0.523. The molecule has 0 aromatic heterocycles. The number of hydrogen-bond donors (Lipinski definition) is 2. The standard InChI is InChI=1S/C6H14N2O3S/c1-12(10,11)8-3-2-5(7)6(9)4-8/h5-6,9H,2-4,7H2,1H3/t5?,6-/m1/s1. The van der Waals surface area contributed by atoms with Crippen LogP contribution in [0, 0.1) is 0 Å². The van der Waals surface area contributed by atoms with E-state index in [4.69, 9.17) is 5.73 Å². The SMILES string of the molecule is CS(=O)(=O)N1CCC(N)[C@H](O)C1. The van der Waals surface area contributed by atoms with E-state index in [2.05, 4.69) is 0 Å². The van der Waals surface area contributed by atoms with Gasteiger partial charge in [0.1, 0.15) is 0 Å². The first-order valence-corrected chi connectivity index (χ1v) is 5.65. The van der Waals surface area contributed by atoms with Gasteiger partial charge in [0.25, 0.3) is 0 Å². The summed E-state index contributed by atoms with van der Waals surface area (Å²) in [5, 5.41) is 9.28. The van der Waals surface area contributed by atoms with Gasteiger partial charge in [0.05, 0.1) is 12.4 Å². The lowest BCUT2D eigenvalue weighted by Gasteiger charge is -2.32. The van der Waals surface area contributed by atoms with Gasteiger partial charge in [-0.15, -0.1) is 0 Å². The van der Waals surface area contributed by atoms with Crippen molar-refractivity contribution in [2.24, 2.45) is 5.73 Å². The molecule has 1 rings (SSSR count). The summed E-state index contributed by atoms with van der Waals surface area (Å²) in [5.41, 5.74) is 5.51. The molecule has 72 valence electrons. The molecule has 0 radical (unpaired) electrons. The number of hydrogen-bond acceptors (Lipinski definition) is 4. The fourth-order valence-corrected chi connectivity index (χ4v) is 2.08. The van der Waals surface area contributed by atoms with Gasteiger partial charge in [0, 0.05) is 19.1 Å². The molecule has 0 aromatic rings. The molecular weight excluding hydrogens is 180 g/mol. The second kappa shape index (κ2) is 3.29. The molecule has 1 aliphatic heterocycles. The van der Waals surface area contributed by atoms with E-state index in [1.54, 1.807) is 0 Å². The smallest absolute Gasteiger partial charge is 0.211 e. The molecule has 6 heteroatoms. The highest BCUT2D eigenvalue weighted by Gasteiger charge is 2.29. The van der Waals surface area contributed by atoms with Crippen LogP contribution in [-0.2, 0) is 10.0 Å². The van der Waals surface area contributed by atoms with Crippen LogP contribution in [0.4, 0.5) is 0 Å². The van der Waals surface area contributed by atoms with Gasteiger partial charge in [-0.25, -0.2) is 8.42 Å². The molecule has 0 saturated carbocycles. The maximum Gasteiger partial charge on any atom is 0.211 e. The number of sulfonamides is 1. The number of β-amino-alcohol motifs (C(OH)–C–C–N with tert-alkyl or cyclic N) is 1. The Bertz CT molecular complexity index is 252. The Kier molecular flexibility index (Phi) is 2.72. The van der Waals surface area contributed by atoms with Crippen molar-refractivity contribution >= 4 is 10.0 Å². The minimum atomic E-state index is -3.16. The molecule has 0 bridgehead atoms. The van der Waals surface area contributed by atoms with Crippen molar-refractivity contribution < 1.29 is 13.5 Å². The molecule has 5 nitrogen and oxygen atoms in total. The van der Waals surface area contributed by atoms with Gasteiger partial charge < -0.3 is 10.8 Å². The van der Waals surface area contributed by atoms with E-state index in [9.17, 15) is 13.5 Å². The fourth-order valence-electron chi connectivity index (χ4n) is 1.22. The highest BCUT2D eigenvalue weighted by atomic mass is 32.2. The van der Waals surface area contributed by atoms with Crippen LogP contribution >= 0.6 is 0 Å². The van der Waals surface area contributed by atoms with E-state index in [0.717, 1.165) is 6.26 Å². The van der Waals surface area contributed by atoms with Crippen LogP contribution < -0.4 is 5.73 Å². The van der Waals surface area contributed by atoms with E-state index in [1.807, 2.05) is 0 Å². The molecule has 1 fully saturated rings. The third-order valence-electron chi connectivity index (χ3n) is 2.07. The Morgan fingerprint density at radius 2 is 2.17 bits per heavy atom. The summed E-state index contributed by atoms with van der Waals surface area (Å²) in [5.74, 6) is 0. The molecule has 1 saturated heterocycles. The van der Waals surface area contributed by atoms with Crippen molar-refractivity contribution in [1.29, 1.82) is 0 Å². The molecular formula is C6H14N2O3S. The van der Waals surface area contributed by atoms with Gasteiger partial charge in [-0.05, 0) is 6.42 Å². The molecule has 0 aromatic carbocycles. The number of nitrogens with zero attached hydrogens (tertiary/aromatic N) is 1. The van der Waals surface area contributed by atoms with E-state index in [0.29, 0.717) is 13.0 Å². The van der Waals surface area contributed by atoms with Gasteiger partial charge in [-0.3, -0.25) is 0 Å². The average Bonchev–Trinajstić information content (AvgIpc) is 1.92. The molecule has 0 aliphatic carbocycles. The molecule has 12 heavy (non-hydrogen) atoms. The number of aliphatic hydroxyl groups is 1. The maximum absolute atomic E-state index is 11.0. The van der Waals surface area contributed by atoms with Crippen LogP contribution in [0.1, 0.15) is 6.42 Å². The summed E-state index contributed by atoms with van der Waals surface area (Å²) < 4.78 is 23.3. The van der Waals surface area contributed by atoms with Crippen molar-refractivity contribution in [2.45, 2.75) is 18.6 Å². The number of nitrogens with two attached hydrogens (primary N) is 1. The Morgan fingerprint density at radius 1 is 1.58 bits per heavy atom.